The first-order valence-electron chi connectivity index (χ1n) is 4.80. The Morgan fingerprint density at radius 1 is 1.25 bits per heavy atom. The van der Waals surface area contributed by atoms with E-state index in [0.717, 1.165) is 16.5 Å². The Hall–Kier alpha value is -1.88. The van der Waals surface area contributed by atoms with Crippen LogP contribution < -0.4 is 0 Å². The fraction of sp³-hybridized carbons (Fsp3) is 0.0909. The summed E-state index contributed by atoms with van der Waals surface area (Å²) in [5.41, 5.74) is 1.82. The number of furan rings is 1. The van der Waals surface area contributed by atoms with Gasteiger partial charge in [-0.2, -0.15) is 0 Å². The third kappa shape index (κ3) is 1.29. The van der Waals surface area contributed by atoms with E-state index in [0.29, 0.717) is 11.7 Å². The Morgan fingerprint density at radius 2 is 2.06 bits per heavy atom. The van der Waals surface area contributed by atoms with Gasteiger partial charge in [0.15, 0.2) is 5.76 Å². The van der Waals surface area contributed by atoms with E-state index in [1.807, 2.05) is 31.2 Å². The van der Waals surface area contributed by atoms with Crippen LogP contribution in [0.15, 0.2) is 33.1 Å². The molecule has 80 valence electrons. The van der Waals surface area contributed by atoms with Gasteiger partial charge in [-0.15, -0.1) is 5.10 Å². The minimum absolute atomic E-state index is 0.245. The van der Waals surface area contributed by atoms with Crippen molar-refractivity contribution in [3.05, 3.63) is 34.7 Å². The largest absolute Gasteiger partial charge is 0.451 e. The van der Waals surface area contributed by atoms with Gasteiger partial charge in [0.05, 0.1) is 0 Å². The van der Waals surface area contributed by atoms with Crippen LogP contribution in [-0.2, 0) is 0 Å². The Balaban J connectivity index is 2.32. The molecule has 5 heteroatoms. The van der Waals surface area contributed by atoms with Crippen LogP contribution in [0.1, 0.15) is 5.56 Å². The maximum Gasteiger partial charge on any atom is 0.284 e. The predicted octanol–water partition coefficient (Wildman–Crippen LogP) is 3.45. The number of H-pyrrole nitrogens is 1. The van der Waals surface area contributed by atoms with E-state index in [1.54, 1.807) is 0 Å². The molecule has 0 aliphatic carbocycles. The number of aromatic nitrogens is 2. The average Bonchev–Trinajstić information content (AvgIpc) is 2.84. The van der Waals surface area contributed by atoms with Gasteiger partial charge in [-0.1, -0.05) is 18.2 Å². The van der Waals surface area contributed by atoms with Gasteiger partial charge in [0.1, 0.15) is 5.58 Å². The third-order valence-electron chi connectivity index (χ3n) is 2.48. The molecule has 2 aromatic heterocycles. The van der Waals surface area contributed by atoms with Crippen molar-refractivity contribution in [3.63, 3.8) is 0 Å². The number of nitrogens with one attached hydrogen (secondary N) is 1. The molecular formula is C11H8N2O2S. The fourth-order valence-electron chi connectivity index (χ4n) is 1.71. The van der Waals surface area contributed by atoms with Crippen molar-refractivity contribution in [2.45, 2.75) is 6.92 Å². The molecule has 2 heterocycles. The highest BCUT2D eigenvalue weighted by molar-refractivity contribution is 7.71. The number of aromatic amines is 1. The summed E-state index contributed by atoms with van der Waals surface area (Å²) < 4.78 is 10.9. The maximum atomic E-state index is 5.68. The van der Waals surface area contributed by atoms with Crippen LogP contribution in [0.2, 0.25) is 0 Å². The van der Waals surface area contributed by atoms with Gasteiger partial charge in [-0.3, -0.25) is 0 Å². The zero-order valence-corrected chi connectivity index (χ0v) is 9.30. The van der Waals surface area contributed by atoms with Crippen molar-refractivity contribution in [1.82, 2.24) is 10.2 Å². The van der Waals surface area contributed by atoms with Gasteiger partial charge in [0.2, 0.25) is 0 Å². The van der Waals surface area contributed by atoms with Gasteiger partial charge in [-0.25, -0.2) is 5.10 Å². The Kier molecular flexibility index (Phi) is 1.94. The molecule has 0 atom stereocenters. The maximum absolute atomic E-state index is 5.68. The standard InChI is InChI=1S/C11H8N2O2S/c1-6-7-4-2-3-5-8(7)14-9(6)10-12-13-11(16)15-10/h2-5H,1H3,(H,13,16). The first-order chi connectivity index (χ1) is 7.75. The molecular weight excluding hydrogens is 224 g/mol. The highest BCUT2D eigenvalue weighted by Crippen LogP contribution is 2.31. The molecule has 4 nitrogen and oxygen atoms in total. The van der Waals surface area contributed by atoms with Gasteiger partial charge in [0, 0.05) is 10.9 Å². The van der Waals surface area contributed by atoms with Crippen LogP contribution in [0.5, 0.6) is 0 Å². The molecule has 0 unspecified atom stereocenters. The number of benzene rings is 1. The second kappa shape index (κ2) is 3.31. The number of fused-ring (bicyclic) bond motifs is 1. The van der Waals surface area contributed by atoms with Gasteiger partial charge < -0.3 is 8.83 Å². The first kappa shape index (κ1) is 9.35. The van der Waals surface area contributed by atoms with Crippen LogP contribution in [0.25, 0.3) is 22.6 Å². The van der Waals surface area contributed by atoms with Crippen molar-refractivity contribution in [3.8, 4) is 11.7 Å². The molecule has 1 aromatic carbocycles. The summed E-state index contributed by atoms with van der Waals surface area (Å²) in [7, 11) is 0. The third-order valence-corrected chi connectivity index (χ3v) is 2.65. The van der Waals surface area contributed by atoms with Crippen molar-refractivity contribution in [1.29, 1.82) is 0 Å². The summed E-state index contributed by atoms with van der Waals surface area (Å²) in [5.74, 6) is 1.01. The summed E-state index contributed by atoms with van der Waals surface area (Å²) in [5, 5.41) is 7.59. The molecule has 3 rings (SSSR count). The van der Waals surface area contributed by atoms with Gasteiger partial charge >= 0.3 is 0 Å². The summed E-state index contributed by atoms with van der Waals surface area (Å²) in [6, 6.07) is 7.80. The number of nitrogens with zero attached hydrogens (tertiary/aromatic N) is 1. The molecule has 16 heavy (non-hydrogen) atoms. The lowest BCUT2D eigenvalue weighted by Gasteiger charge is -1.88. The molecule has 0 fully saturated rings. The van der Waals surface area contributed by atoms with Crippen LogP contribution in [0.4, 0.5) is 0 Å². The smallest absolute Gasteiger partial charge is 0.284 e. The van der Waals surface area contributed by atoms with Gasteiger partial charge in [-0.05, 0) is 25.2 Å². The second-order valence-corrected chi connectivity index (χ2v) is 3.84. The van der Waals surface area contributed by atoms with E-state index in [2.05, 4.69) is 10.2 Å². The number of rotatable bonds is 1. The molecule has 0 saturated carbocycles. The number of hydrogen-bond acceptors (Lipinski definition) is 4. The Bertz CT molecular complexity index is 708. The summed E-state index contributed by atoms with van der Waals surface area (Å²) in [4.78, 5) is 0.245. The summed E-state index contributed by atoms with van der Waals surface area (Å²) in [6.45, 7) is 1.97. The number of hydrogen-bond donors (Lipinski definition) is 1. The van der Waals surface area contributed by atoms with Crippen molar-refractivity contribution in [2.24, 2.45) is 0 Å². The zero-order valence-electron chi connectivity index (χ0n) is 8.48. The van der Waals surface area contributed by atoms with E-state index in [1.165, 1.54) is 0 Å². The monoisotopic (exact) mass is 232 g/mol. The first-order valence-corrected chi connectivity index (χ1v) is 5.20. The van der Waals surface area contributed by atoms with Crippen LogP contribution in [0, 0.1) is 11.8 Å². The van der Waals surface area contributed by atoms with Crippen LogP contribution in [0.3, 0.4) is 0 Å². The van der Waals surface area contributed by atoms with E-state index in [9.17, 15) is 0 Å². The summed E-state index contributed by atoms with van der Waals surface area (Å²) in [6.07, 6.45) is 0. The minimum atomic E-state index is 0.245. The van der Waals surface area contributed by atoms with Crippen molar-refractivity contribution < 1.29 is 8.83 Å². The second-order valence-electron chi connectivity index (χ2n) is 3.47. The van der Waals surface area contributed by atoms with E-state index in [-0.39, 0.29) is 4.84 Å². The Morgan fingerprint density at radius 3 is 2.75 bits per heavy atom. The lowest BCUT2D eigenvalue weighted by Crippen LogP contribution is -1.77. The van der Waals surface area contributed by atoms with E-state index >= 15 is 0 Å². The van der Waals surface area contributed by atoms with Crippen molar-refractivity contribution in [2.75, 3.05) is 0 Å². The lowest BCUT2D eigenvalue weighted by atomic mass is 10.1. The molecule has 0 amide bonds. The molecule has 1 N–H and O–H groups in total. The van der Waals surface area contributed by atoms with Gasteiger partial charge in [0.25, 0.3) is 10.7 Å². The molecule has 3 aromatic rings. The quantitative estimate of drug-likeness (QED) is 0.653. The van der Waals surface area contributed by atoms with Crippen LogP contribution >= 0.6 is 12.2 Å². The molecule has 0 aliphatic rings. The molecule has 0 saturated heterocycles. The highest BCUT2D eigenvalue weighted by atomic mass is 32.1. The SMILES string of the molecule is Cc1c(-c2n[nH]c(=S)o2)oc2ccccc12. The average molecular weight is 232 g/mol. The topological polar surface area (TPSA) is 55.0 Å². The van der Waals surface area contributed by atoms with Crippen LogP contribution in [-0.4, -0.2) is 10.2 Å². The normalized spacial score (nSPS) is 11.1. The number of aryl methyl sites for hydroxylation is 1. The molecule has 0 aliphatic heterocycles. The van der Waals surface area contributed by atoms with E-state index < -0.39 is 0 Å². The van der Waals surface area contributed by atoms with E-state index in [4.69, 9.17) is 21.1 Å². The summed E-state index contributed by atoms with van der Waals surface area (Å²) >= 11 is 4.83. The molecule has 0 bridgehead atoms. The zero-order chi connectivity index (χ0) is 11.1. The highest BCUT2D eigenvalue weighted by Gasteiger charge is 2.15. The Labute approximate surface area is 95.9 Å². The predicted molar refractivity (Wildman–Crippen MR) is 61.6 cm³/mol. The molecule has 0 radical (unpaired) electrons. The fourth-order valence-corrected chi connectivity index (χ4v) is 1.83. The van der Waals surface area contributed by atoms with Crippen molar-refractivity contribution >= 4 is 23.2 Å². The molecule has 0 spiro atoms. The lowest BCUT2D eigenvalue weighted by molar-refractivity contribution is 0.519. The minimum Gasteiger partial charge on any atom is -0.451 e. The number of para-hydroxylation sites is 1.